The molecule has 4 heteroatoms. The lowest BCUT2D eigenvalue weighted by molar-refractivity contribution is 0.580. The average Bonchev–Trinajstić information content (AvgIpc) is 2.71. The van der Waals surface area contributed by atoms with Gasteiger partial charge in [0.25, 0.3) is 0 Å². The largest absolute Gasteiger partial charge is 0.361 e. The minimum atomic E-state index is 0.406. The molecular formula is C9H13ClN2S. The van der Waals surface area contributed by atoms with Crippen LogP contribution >= 0.6 is 22.9 Å². The van der Waals surface area contributed by atoms with E-state index in [-0.39, 0.29) is 0 Å². The van der Waals surface area contributed by atoms with E-state index in [2.05, 4.69) is 10.3 Å². The maximum absolute atomic E-state index is 6.03. The molecule has 1 aliphatic carbocycles. The lowest BCUT2D eigenvalue weighted by atomic mass is 10.1. The Hall–Kier alpha value is -0.280. The van der Waals surface area contributed by atoms with Gasteiger partial charge in [0.1, 0.15) is 0 Å². The van der Waals surface area contributed by atoms with Crippen molar-refractivity contribution in [2.45, 2.75) is 24.6 Å². The summed E-state index contributed by atoms with van der Waals surface area (Å²) in [5, 5.41) is 6.75. The van der Waals surface area contributed by atoms with Crippen LogP contribution in [0.25, 0.3) is 0 Å². The summed E-state index contributed by atoms with van der Waals surface area (Å²) >= 11 is 7.68. The van der Waals surface area contributed by atoms with Gasteiger partial charge in [0.2, 0.25) is 0 Å². The fourth-order valence-corrected chi connectivity index (χ4v) is 2.66. The number of nitrogens with zero attached hydrogens (tertiary/aromatic N) is 1. The molecule has 1 aliphatic rings. The molecule has 2 rings (SSSR count). The van der Waals surface area contributed by atoms with Crippen LogP contribution in [-0.4, -0.2) is 16.9 Å². The van der Waals surface area contributed by atoms with Crippen molar-refractivity contribution in [2.75, 3.05) is 11.9 Å². The zero-order valence-corrected chi connectivity index (χ0v) is 8.94. The molecule has 1 fully saturated rings. The number of halogens is 1. The van der Waals surface area contributed by atoms with Crippen LogP contribution in [0.2, 0.25) is 0 Å². The van der Waals surface area contributed by atoms with Crippen LogP contribution in [0.5, 0.6) is 0 Å². The summed E-state index contributed by atoms with van der Waals surface area (Å²) in [6.45, 7) is 1.02. The predicted octanol–water partition coefficient (Wildman–Crippen LogP) is 2.96. The normalized spacial score (nSPS) is 27.8. The molecule has 1 N–H and O–H groups in total. The topological polar surface area (TPSA) is 24.9 Å². The smallest absolute Gasteiger partial charge is 0.182 e. The summed E-state index contributed by atoms with van der Waals surface area (Å²) in [6, 6.07) is 0. The van der Waals surface area contributed by atoms with Gasteiger partial charge in [-0.3, -0.25) is 0 Å². The monoisotopic (exact) mass is 216 g/mol. The van der Waals surface area contributed by atoms with E-state index in [1.807, 2.05) is 11.6 Å². The Labute approximate surface area is 87.3 Å². The van der Waals surface area contributed by atoms with Crippen LogP contribution < -0.4 is 5.32 Å². The van der Waals surface area contributed by atoms with Gasteiger partial charge in [0.15, 0.2) is 5.13 Å². The Bertz CT molecular complexity index is 250. The van der Waals surface area contributed by atoms with E-state index in [1.54, 1.807) is 11.3 Å². The van der Waals surface area contributed by atoms with E-state index in [0.29, 0.717) is 5.38 Å². The lowest BCUT2D eigenvalue weighted by Gasteiger charge is -2.08. The zero-order valence-electron chi connectivity index (χ0n) is 7.37. The molecule has 0 saturated heterocycles. The van der Waals surface area contributed by atoms with E-state index < -0.39 is 0 Å². The Morgan fingerprint density at radius 2 is 2.54 bits per heavy atom. The summed E-state index contributed by atoms with van der Waals surface area (Å²) in [5.41, 5.74) is 0. The standard InChI is InChI=1S/C9H13ClN2S/c10-8-2-1-7(5-8)6-12-9-11-3-4-13-9/h3-4,7-8H,1-2,5-6H2,(H,11,12). The number of thiazole rings is 1. The molecule has 2 unspecified atom stereocenters. The summed E-state index contributed by atoms with van der Waals surface area (Å²) in [4.78, 5) is 4.17. The minimum Gasteiger partial charge on any atom is -0.361 e. The van der Waals surface area contributed by atoms with Gasteiger partial charge in [-0.05, 0) is 25.2 Å². The van der Waals surface area contributed by atoms with Crippen LogP contribution in [0.15, 0.2) is 11.6 Å². The van der Waals surface area contributed by atoms with Gasteiger partial charge < -0.3 is 5.32 Å². The highest BCUT2D eigenvalue weighted by atomic mass is 35.5. The Morgan fingerprint density at radius 3 is 3.15 bits per heavy atom. The predicted molar refractivity (Wildman–Crippen MR) is 57.6 cm³/mol. The van der Waals surface area contributed by atoms with E-state index in [4.69, 9.17) is 11.6 Å². The van der Waals surface area contributed by atoms with Crippen LogP contribution in [0.4, 0.5) is 5.13 Å². The third-order valence-electron chi connectivity index (χ3n) is 2.45. The molecule has 1 saturated carbocycles. The molecule has 1 heterocycles. The van der Waals surface area contributed by atoms with Crippen LogP contribution in [0.1, 0.15) is 19.3 Å². The number of anilines is 1. The van der Waals surface area contributed by atoms with Gasteiger partial charge in [-0.15, -0.1) is 22.9 Å². The minimum absolute atomic E-state index is 0.406. The summed E-state index contributed by atoms with van der Waals surface area (Å²) < 4.78 is 0. The number of hydrogen-bond donors (Lipinski definition) is 1. The van der Waals surface area contributed by atoms with E-state index >= 15 is 0 Å². The van der Waals surface area contributed by atoms with Gasteiger partial charge in [-0.25, -0.2) is 4.98 Å². The number of hydrogen-bond acceptors (Lipinski definition) is 3. The van der Waals surface area contributed by atoms with Crippen molar-refractivity contribution in [2.24, 2.45) is 5.92 Å². The van der Waals surface area contributed by atoms with Crippen molar-refractivity contribution in [3.63, 3.8) is 0 Å². The molecule has 0 aromatic carbocycles. The van der Waals surface area contributed by atoms with Crippen molar-refractivity contribution < 1.29 is 0 Å². The molecule has 13 heavy (non-hydrogen) atoms. The maximum atomic E-state index is 6.03. The molecule has 0 amide bonds. The first kappa shape index (κ1) is 9.28. The molecule has 2 atom stereocenters. The summed E-state index contributed by atoms with van der Waals surface area (Å²) in [7, 11) is 0. The zero-order chi connectivity index (χ0) is 9.10. The van der Waals surface area contributed by atoms with Crippen molar-refractivity contribution in [1.29, 1.82) is 0 Å². The molecule has 1 aromatic rings. The third-order valence-corrected chi connectivity index (χ3v) is 3.58. The second-order valence-corrected chi connectivity index (χ2v) is 5.01. The highest BCUT2D eigenvalue weighted by Gasteiger charge is 2.22. The highest BCUT2D eigenvalue weighted by Crippen LogP contribution is 2.29. The number of alkyl halides is 1. The number of nitrogens with one attached hydrogen (secondary N) is 1. The fourth-order valence-electron chi connectivity index (χ4n) is 1.74. The SMILES string of the molecule is ClC1CCC(CNc2nccs2)C1. The van der Waals surface area contributed by atoms with Gasteiger partial charge >= 0.3 is 0 Å². The first-order valence-electron chi connectivity index (χ1n) is 4.62. The molecule has 0 aliphatic heterocycles. The Kier molecular flexibility index (Phi) is 3.06. The van der Waals surface area contributed by atoms with Crippen molar-refractivity contribution >= 4 is 28.1 Å². The number of aromatic nitrogens is 1. The van der Waals surface area contributed by atoms with Gasteiger partial charge in [-0.1, -0.05) is 0 Å². The summed E-state index contributed by atoms with van der Waals surface area (Å²) in [6.07, 6.45) is 5.41. The van der Waals surface area contributed by atoms with Crippen molar-refractivity contribution in [3.05, 3.63) is 11.6 Å². The van der Waals surface area contributed by atoms with Crippen molar-refractivity contribution in [3.8, 4) is 0 Å². The third kappa shape index (κ3) is 2.58. The van der Waals surface area contributed by atoms with E-state index in [9.17, 15) is 0 Å². The first-order chi connectivity index (χ1) is 6.34. The highest BCUT2D eigenvalue weighted by molar-refractivity contribution is 7.13. The van der Waals surface area contributed by atoms with Crippen LogP contribution in [-0.2, 0) is 0 Å². The van der Waals surface area contributed by atoms with Crippen molar-refractivity contribution in [1.82, 2.24) is 4.98 Å². The van der Waals surface area contributed by atoms with Crippen LogP contribution in [0, 0.1) is 5.92 Å². The van der Waals surface area contributed by atoms with E-state index in [1.165, 1.54) is 12.8 Å². The molecule has 0 spiro atoms. The van der Waals surface area contributed by atoms with Gasteiger partial charge in [0, 0.05) is 23.5 Å². The second kappa shape index (κ2) is 4.29. The first-order valence-corrected chi connectivity index (χ1v) is 5.93. The maximum Gasteiger partial charge on any atom is 0.182 e. The quantitative estimate of drug-likeness (QED) is 0.786. The number of rotatable bonds is 3. The fraction of sp³-hybridized carbons (Fsp3) is 0.667. The Morgan fingerprint density at radius 1 is 1.62 bits per heavy atom. The van der Waals surface area contributed by atoms with Gasteiger partial charge in [0.05, 0.1) is 0 Å². The van der Waals surface area contributed by atoms with Crippen LogP contribution in [0.3, 0.4) is 0 Å². The molecule has 0 radical (unpaired) electrons. The average molecular weight is 217 g/mol. The molecular weight excluding hydrogens is 204 g/mol. The van der Waals surface area contributed by atoms with E-state index in [0.717, 1.165) is 24.0 Å². The molecule has 72 valence electrons. The second-order valence-electron chi connectivity index (χ2n) is 3.49. The lowest BCUT2D eigenvalue weighted by Crippen LogP contribution is -2.11. The molecule has 1 aromatic heterocycles. The summed E-state index contributed by atoms with van der Waals surface area (Å²) in [5.74, 6) is 0.742. The molecule has 2 nitrogen and oxygen atoms in total. The Balaban J connectivity index is 1.74. The molecule has 0 bridgehead atoms. The van der Waals surface area contributed by atoms with Gasteiger partial charge in [-0.2, -0.15) is 0 Å².